The average Bonchev–Trinajstić information content (AvgIpc) is 2.72. The van der Waals surface area contributed by atoms with E-state index in [0.717, 1.165) is 5.56 Å². The van der Waals surface area contributed by atoms with Gasteiger partial charge < -0.3 is 25.2 Å². The van der Waals surface area contributed by atoms with E-state index < -0.39 is 43.6 Å². The second-order valence-corrected chi connectivity index (χ2v) is 7.00. The molecule has 29 heavy (non-hydrogen) atoms. The molecular weight excluding hydrogens is 384 g/mol. The minimum atomic E-state index is -2.56. The molecule has 0 saturated carbocycles. The molecule has 154 valence electrons. The highest BCUT2D eigenvalue weighted by molar-refractivity contribution is 5.44. The summed E-state index contributed by atoms with van der Waals surface area (Å²) in [7, 11) is 0. The first-order chi connectivity index (χ1) is 13.8. The largest absolute Gasteiger partial charge is 0.394 e. The van der Waals surface area contributed by atoms with Crippen LogP contribution in [0.2, 0.25) is 0 Å². The summed E-state index contributed by atoms with van der Waals surface area (Å²) in [6.07, 6.45) is -8.73. The van der Waals surface area contributed by atoms with Crippen molar-refractivity contribution in [3.8, 4) is 6.07 Å². The SMILES string of the molecule is N#Cc1ccc([C@@H]2O[C@H](CO)[C@@H](O)[C@H](O)[C@H]2O)cc1Cc1ccc(C(F)F)cc1. The van der Waals surface area contributed by atoms with Crippen molar-refractivity contribution in [3.05, 3.63) is 70.3 Å². The smallest absolute Gasteiger partial charge is 0.263 e. The summed E-state index contributed by atoms with van der Waals surface area (Å²) >= 11 is 0. The zero-order valence-corrected chi connectivity index (χ0v) is 15.3. The number of aliphatic hydroxyl groups is 4. The Balaban J connectivity index is 1.89. The molecule has 1 aliphatic rings. The van der Waals surface area contributed by atoms with Gasteiger partial charge in [0.1, 0.15) is 30.5 Å². The normalized spacial score (nSPS) is 27.0. The van der Waals surface area contributed by atoms with Gasteiger partial charge in [0, 0.05) is 5.56 Å². The Kier molecular flexibility index (Phi) is 6.57. The third kappa shape index (κ3) is 4.45. The van der Waals surface area contributed by atoms with E-state index in [-0.39, 0.29) is 12.0 Å². The number of hydrogen-bond donors (Lipinski definition) is 4. The molecule has 0 aliphatic carbocycles. The maximum absolute atomic E-state index is 12.7. The highest BCUT2D eigenvalue weighted by Crippen LogP contribution is 2.33. The van der Waals surface area contributed by atoms with Crippen molar-refractivity contribution in [2.24, 2.45) is 0 Å². The fourth-order valence-corrected chi connectivity index (χ4v) is 3.42. The van der Waals surface area contributed by atoms with Crippen molar-refractivity contribution in [2.75, 3.05) is 6.61 Å². The van der Waals surface area contributed by atoms with Crippen LogP contribution >= 0.6 is 0 Å². The molecule has 2 aromatic carbocycles. The lowest BCUT2D eigenvalue weighted by Crippen LogP contribution is -2.55. The summed E-state index contributed by atoms with van der Waals surface area (Å²) in [4.78, 5) is 0. The molecule has 1 heterocycles. The number of alkyl halides is 2. The van der Waals surface area contributed by atoms with Gasteiger partial charge in [-0.15, -0.1) is 0 Å². The Morgan fingerprint density at radius 1 is 1.00 bits per heavy atom. The summed E-state index contributed by atoms with van der Waals surface area (Å²) in [5.74, 6) is 0. The van der Waals surface area contributed by atoms with Crippen LogP contribution in [0.1, 0.15) is 40.3 Å². The van der Waals surface area contributed by atoms with Gasteiger partial charge in [0.15, 0.2) is 0 Å². The summed E-state index contributed by atoms with van der Waals surface area (Å²) in [6, 6.07) is 12.6. The quantitative estimate of drug-likeness (QED) is 0.601. The van der Waals surface area contributed by atoms with Crippen molar-refractivity contribution in [1.82, 2.24) is 0 Å². The van der Waals surface area contributed by atoms with Crippen molar-refractivity contribution in [2.45, 2.75) is 43.4 Å². The van der Waals surface area contributed by atoms with Crippen LogP contribution in [0.15, 0.2) is 42.5 Å². The van der Waals surface area contributed by atoms with Gasteiger partial charge in [0.25, 0.3) is 6.43 Å². The van der Waals surface area contributed by atoms with E-state index in [4.69, 9.17) is 4.74 Å². The Hall–Kier alpha value is -2.41. The van der Waals surface area contributed by atoms with Crippen molar-refractivity contribution >= 4 is 0 Å². The molecule has 1 aliphatic heterocycles. The first kappa shape index (κ1) is 21.3. The molecule has 0 amide bonds. The molecule has 6 nitrogen and oxygen atoms in total. The number of hydrogen-bond acceptors (Lipinski definition) is 6. The summed E-state index contributed by atoms with van der Waals surface area (Å²) in [5, 5.41) is 49.0. The third-order valence-electron chi connectivity index (χ3n) is 5.10. The first-order valence-corrected chi connectivity index (χ1v) is 9.06. The molecule has 8 heteroatoms. The number of rotatable bonds is 5. The number of ether oxygens (including phenoxy) is 1. The van der Waals surface area contributed by atoms with Gasteiger partial charge in [-0.2, -0.15) is 5.26 Å². The van der Waals surface area contributed by atoms with Crippen LogP contribution in [-0.4, -0.2) is 51.4 Å². The average molecular weight is 405 g/mol. The third-order valence-corrected chi connectivity index (χ3v) is 5.10. The number of benzene rings is 2. The number of aliphatic hydroxyl groups excluding tert-OH is 4. The fourth-order valence-electron chi connectivity index (χ4n) is 3.42. The zero-order valence-electron chi connectivity index (χ0n) is 15.3. The van der Waals surface area contributed by atoms with Gasteiger partial charge in [0.05, 0.1) is 18.2 Å². The number of halogens is 2. The van der Waals surface area contributed by atoms with E-state index in [1.54, 1.807) is 30.3 Å². The summed E-state index contributed by atoms with van der Waals surface area (Å²) < 4.78 is 31.0. The first-order valence-electron chi connectivity index (χ1n) is 9.06. The lowest BCUT2D eigenvalue weighted by Gasteiger charge is -2.40. The van der Waals surface area contributed by atoms with Gasteiger partial charge in [-0.25, -0.2) is 8.78 Å². The molecule has 1 fully saturated rings. The monoisotopic (exact) mass is 405 g/mol. The van der Waals surface area contributed by atoms with Crippen LogP contribution in [0.25, 0.3) is 0 Å². The maximum Gasteiger partial charge on any atom is 0.263 e. The minimum absolute atomic E-state index is 0.0932. The molecular formula is C21H21F2NO5. The van der Waals surface area contributed by atoms with Gasteiger partial charge in [-0.3, -0.25) is 0 Å². The standard InChI is InChI=1S/C21H21F2NO5/c22-21(23)12-3-1-11(2-4-12)7-15-8-13(5-6-14(15)9-24)20-19(28)18(27)17(26)16(10-25)29-20/h1-6,8,16-21,25-28H,7,10H2/t16-,17-,18+,19-,20+/m1/s1. The molecule has 0 radical (unpaired) electrons. The van der Waals surface area contributed by atoms with E-state index in [2.05, 4.69) is 6.07 Å². The van der Waals surface area contributed by atoms with Crippen LogP contribution in [0, 0.1) is 11.3 Å². The number of nitrogens with zero attached hydrogens (tertiary/aromatic N) is 1. The van der Waals surface area contributed by atoms with Crippen molar-refractivity contribution in [3.63, 3.8) is 0 Å². The molecule has 4 N–H and O–H groups in total. The Morgan fingerprint density at radius 2 is 1.69 bits per heavy atom. The van der Waals surface area contributed by atoms with E-state index in [1.165, 1.54) is 12.1 Å². The Morgan fingerprint density at radius 3 is 2.28 bits per heavy atom. The van der Waals surface area contributed by atoms with E-state index in [0.29, 0.717) is 16.7 Å². The molecule has 5 atom stereocenters. The van der Waals surface area contributed by atoms with E-state index in [1.807, 2.05) is 0 Å². The minimum Gasteiger partial charge on any atom is -0.394 e. The van der Waals surface area contributed by atoms with Crippen molar-refractivity contribution < 1.29 is 33.9 Å². The highest BCUT2D eigenvalue weighted by atomic mass is 19.3. The predicted octanol–water partition coefficient (Wildman–Crippen LogP) is 1.60. The fraction of sp³-hybridized carbons (Fsp3) is 0.381. The van der Waals surface area contributed by atoms with Gasteiger partial charge in [-0.1, -0.05) is 36.4 Å². The lowest BCUT2D eigenvalue weighted by atomic mass is 9.89. The molecule has 1 saturated heterocycles. The highest BCUT2D eigenvalue weighted by Gasteiger charge is 2.44. The van der Waals surface area contributed by atoms with Crippen LogP contribution in [0.3, 0.4) is 0 Å². The van der Waals surface area contributed by atoms with Gasteiger partial charge in [-0.05, 0) is 29.2 Å². The Bertz CT molecular complexity index is 882. The maximum atomic E-state index is 12.7. The molecule has 0 unspecified atom stereocenters. The van der Waals surface area contributed by atoms with Crippen LogP contribution in [-0.2, 0) is 11.2 Å². The summed E-state index contributed by atoms with van der Waals surface area (Å²) in [6.45, 7) is -0.541. The van der Waals surface area contributed by atoms with Crippen LogP contribution in [0.5, 0.6) is 0 Å². The van der Waals surface area contributed by atoms with Crippen LogP contribution in [0.4, 0.5) is 8.78 Å². The second-order valence-electron chi connectivity index (χ2n) is 7.00. The van der Waals surface area contributed by atoms with E-state index >= 15 is 0 Å². The van der Waals surface area contributed by atoms with Gasteiger partial charge in [0.2, 0.25) is 0 Å². The molecule has 3 rings (SSSR count). The van der Waals surface area contributed by atoms with Crippen LogP contribution < -0.4 is 0 Å². The Labute approximate surface area is 166 Å². The zero-order chi connectivity index (χ0) is 21.1. The molecule has 0 spiro atoms. The predicted molar refractivity (Wildman–Crippen MR) is 98.1 cm³/mol. The molecule has 0 bridgehead atoms. The summed E-state index contributed by atoms with van der Waals surface area (Å²) in [5.41, 5.74) is 2.05. The molecule has 2 aromatic rings. The second kappa shape index (κ2) is 8.95. The van der Waals surface area contributed by atoms with E-state index in [9.17, 15) is 34.5 Å². The van der Waals surface area contributed by atoms with Crippen molar-refractivity contribution in [1.29, 1.82) is 5.26 Å². The topological polar surface area (TPSA) is 114 Å². The molecule has 0 aromatic heterocycles. The van der Waals surface area contributed by atoms with Gasteiger partial charge >= 0.3 is 0 Å². The lowest BCUT2D eigenvalue weighted by molar-refractivity contribution is -0.231. The number of nitriles is 1.